The van der Waals surface area contributed by atoms with Crippen LogP contribution in [-0.2, 0) is 0 Å². The molecule has 1 N–H and O–H groups in total. The quantitative estimate of drug-likeness (QED) is 0.329. The lowest BCUT2D eigenvalue weighted by atomic mass is 10.0. The minimum absolute atomic E-state index is 0.287. The fourth-order valence-corrected chi connectivity index (χ4v) is 6.22. The van der Waals surface area contributed by atoms with Crippen molar-refractivity contribution in [2.75, 3.05) is 44.2 Å². The van der Waals surface area contributed by atoms with E-state index in [4.69, 9.17) is 10.1 Å². The van der Waals surface area contributed by atoms with Crippen molar-refractivity contribution < 1.29 is 0 Å². The number of fused-ring (bicyclic) bond motifs is 1. The van der Waals surface area contributed by atoms with Crippen molar-refractivity contribution in [2.24, 2.45) is 0 Å². The van der Waals surface area contributed by atoms with Crippen LogP contribution in [-0.4, -0.2) is 73.5 Å². The van der Waals surface area contributed by atoms with E-state index < -0.39 is 0 Å². The van der Waals surface area contributed by atoms with Gasteiger partial charge >= 0.3 is 0 Å². The SMILES string of the molecule is C[C@H](c1ccccn1)N1CCN(c2ccc(-c3cc(-c4cnn(C5CCNCC5)c4)cn4ncc(C#N)c34)cn2)CC1. The molecule has 212 valence electrons. The third-order valence-corrected chi connectivity index (χ3v) is 8.71. The molecule has 10 nitrogen and oxygen atoms in total. The summed E-state index contributed by atoms with van der Waals surface area (Å²) < 4.78 is 3.90. The highest BCUT2D eigenvalue weighted by molar-refractivity contribution is 5.87. The van der Waals surface area contributed by atoms with Crippen LogP contribution >= 0.6 is 0 Å². The predicted octanol–water partition coefficient (Wildman–Crippen LogP) is 4.33. The number of nitriles is 1. The Balaban J connectivity index is 1.13. The first-order chi connectivity index (χ1) is 20.7. The molecular formula is C32H34N10. The number of nitrogens with one attached hydrogen (secondary N) is 1. The summed E-state index contributed by atoms with van der Waals surface area (Å²) in [5, 5.41) is 22.5. The summed E-state index contributed by atoms with van der Waals surface area (Å²) in [6.07, 6.45) is 13.6. The summed E-state index contributed by atoms with van der Waals surface area (Å²) in [6, 6.07) is 15.5. The number of piperidine rings is 1. The molecule has 1 atom stereocenters. The average molecular weight is 559 g/mol. The molecule has 2 aliphatic rings. The van der Waals surface area contributed by atoms with Crippen LogP contribution < -0.4 is 10.2 Å². The zero-order chi connectivity index (χ0) is 28.5. The molecule has 0 bridgehead atoms. The Bertz CT molecular complexity index is 1700. The Kier molecular flexibility index (Phi) is 7.11. The maximum atomic E-state index is 9.83. The summed E-state index contributed by atoms with van der Waals surface area (Å²) in [7, 11) is 0. The largest absolute Gasteiger partial charge is 0.354 e. The van der Waals surface area contributed by atoms with Crippen molar-refractivity contribution in [2.45, 2.75) is 31.8 Å². The third-order valence-electron chi connectivity index (χ3n) is 8.71. The molecule has 2 fully saturated rings. The second kappa shape index (κ2) is 11.4. The molecule has 0 aromatic carbocycles. The first-order valence-corrected chi connectivity index (χ1v) is 14.7. The minimum Gasteiger partial charge on any atom is -0.354 e. The highest BCUT2D eigenvalue weighted by Crippen LogP contribution is 2.33. The average Bonchev–Trinajstić information content (AvgIpc) is 3.73. The Morgan fingerprint density at radius 3 is 2.50 bits per heavy atom. The number of anilines is 1. The van der Waals surface area contributed by atoms with Gasteiger partial charge in [-0.05, 0) is 63.2 Å². The van der Waals surface area contributed by atoms with Gasteiger partial charge in [-0.25, -0.2) is 9.50 Å². The highest BCUT2D eigenvalue weighted by Gasteiger charge is 2.24. The molecule has 7 rings (SSSR count). The van der Waals surface area contributed by atoms with E-state index in [9.17, 15) is 5.26 Å². The number of pyridine rings is 3. The molecule has 5 aromatic rings. The van der Waals surface area contributed by atoms with Crippen LogP contribution in [0.1, 0.15) is 43.1 Å². The van der Waals surface area contributed by atoms with Gasteiger partial charge in [-0.2, -0.15) is 15.5 Å². The molecule has 0 saturated carbocycles. The van der Waals surface area contributed by atoms with Crippen molar-refractivity contribution in [3.05, 3.63) is 84.8 Å². The molecule has 10 heteroatoms. The minimum atomic E-state index is 0.287. The molecule has 42 heavy (non-hydrogen) atoms. The van der Waals surface area contributed by atoms with E-state index >= 15 is 0 Å². The third kappa shape index (κ3) is 5.02. The predicted molar refractivity (Wildman–Crippen MR) is 162 cm³/mol. The fourth-order valence-electron chi connectivity index (χ4n) is 6.22. The zero-order valence-corrected chi connectivity index (χ0v) is 23.8. The van der Waals surface area contributed by atoms with Crippen LogP contribution in [0, 0.1) is 11.3 Å². The van der Waals surface area contributed by atoms with Gasteiger partial charge in [0.2, 0.25) is 0 Å². The van der Waals surface area contributed by atoms with Gasteiger partial charge in [0, 0.05) is 79.3 Å². The van der Waals surface area contributed by atoms with E-state index in [2.05, 4.69) is 79.4 Å². The van der Waals surface area contributed by atoms with Gasteiger partial charge in [-0.15, -0.1) is 0 Å². The number of hydrogen-bond donors (Lipinski definition) is 1. The smallest absolute Gasteiger partial charge is 0.128 e. The van der Waals surface area contributed by atoms with Crippen molar-refractivity contribution in [1.82, 2.24) is 39.6 Å². The van der Waals surface area contributed by atoms with Crippen molar-refractivity contribution in [3.63, 3.8) is 0 Å². The van der Waals surface area contributed by atoms with Crippen molar-refractivity contribution in [3.8, 4) is 28.3 Å². The number of rotatable bonds is 6. The van der Waals surface area contributed by atoms with E-state index in [-0.39, 0.29) is 6.04 Å². The molecule has 5 aromatic heterocycles. The Labute approximate surface area is 245 Å². The first kappa shape index (κ1) is 26.3. The highest BCUT2D eigenvalue weighted by atomic mass is 15.3. The molecule has 0 radical (unpaired) electrons. The van der Waals surface area contributed by atoms with E-state index in [1.54, 1.807) is 10.7 Å². The van der Waals surface area contributed by atoms with Crippen LogP contribution in [0.15, 0.2) is 73.6 Å². The Morgan fingerprint density at radius 2 is 1.76 bits per heavy atom. The van der Waals surface area contributed by atoms with Gasteiger partial charge in [0.25, 0.3) is 0 Å². The first-order valence-electron chi connectivity index (χ1n) is 14.7. The topological polar surface area (TPSA) is 103 Å². The molecule has 2 saturated heterocycles. The molecular weight excluding hydrogens is 524 g/mol. The van der Waals surface area contributed by atoms with E-state index in [0.29, 0.717) is 11.6 Å². The Hall–Kier alpha value is -4.59. The zero-order valence-electron chi connectivity index (χ0n) is 23.8. The summed E-state index contributed by atoms with van der Waals surface area (Å²) in [4.78, 5) is 14.2. The van der Waals surface area contributed by atoms with Gasteiger partial charge in [-0.1, -0.05) is 6.07 Å². The molecule has 0 spiro atoms. The van der Waals surface area contributed by atoms with Gasteiger partial charge in [0.15, 0.2) is 0 Å². The maximum absolute atomic E-state index is 9.83. The van der Waals surface area contributed by atoms with Crippen LogP contribution in [0.3, 0.4) is 0 Å². The summed E-state index contributed by atoms with van der Waals surface area (Å²) >= 11 is 0. The number of aromatic nitrogens is 6. The van der Waals surface area contributed by atoms with E-state index in [0.717, 1.165) is 91.4 Å². The van der Waals surface area contributed by atoms with Gasteiger partial charge < -0.3 is 10.2 Å². The maximum Gasteiger partial charge on any atom is 0.128 e. The fraction of sp³-hybridized carbons (Fsp3) is 0.344. The number of nitrogens with zero attached hydrogens (tertiary/aromatic N) is 9. The van der Waals surface area contributed by atoms with Gasteiger partial charge in [0.1, 0.15) is 11.9 Å². The number of piperazine rings is 1. The van der Waals surface area contributed by atoms with Crippen LogP contribution in [0.2, 0.25) is 0 Å². The van der Waals surface area contributed by atoms with Crippen LogP contribution in [0.25, 0.3) is 27.8 Å². The monoisotopic (exact) mass is 558 g/mol. The van der Waals surface area contributed by atoms with Gasteiger partial charge in [0.05, 0.1) is 35.2 Å². The second-order valence-corrected chi connectivity index (χ2v) is 11.2. The standard InChI is InChI=1S/C32H34N10/c1-23(30-4-2-3-9-35-30)39-12-14-40(15-13-39)31-6-5-24(18-36-31)29-16-25(21-42-32(29)26(17-33)19-38-42)27-20-37-41(22-27)28-7-10-34-11-8-28/h2-6,9,16,18-23,28,34H,7-8,10-15H2,1H3/t23-/m1/s1. The van der Waals surface area contributed by atoms with E-state index in [1.807, 2.05) is 30.9 Å². The summed E-state index contributed by atoms with van der Waals surface area (Å²) in [5.41, 5.74) is 6.38. The molecule has 0 amide bonds. The van der Waals surface area contributed by atoms with Crippen LogP contribution in [0.5, 0.6) is 0 Å². The molecule has 2 aliphatic heterocycles. The molecule has 0 unspecified atom stereocenters. The summed E-state index contributed by atoms with van der Waals surface area (Å²) in [5.74, 6) is 0.966. The van der Waals surface area contributed by atoms with Crippen molar-refractivity contribution >= 4 is 11.3 Å². The van der Waals surface area contributed by atoms with Gasteiger partial charge in [-0.3, -0.25) is 14.6 Å². The van der Waals surface area contributed by atoms with E-state index in [1.165, 1.54) is 0 Å². The lowest BCUT2D eigenvalue weighted by Gasteiger charge is -2.38. The Morgan fingerprint density at radius 1 is 0.905 bits per heavy atom. The second-order valence-electron chi connectivity index (χ2n) is 11.2. The number of hydrogen-bond acceptors (Lipinski definition) is 8. The molecule has 0 aliphatic carbocycles. The van der Waals surface area contributed by atoms with Crippen molar-refractivity contribution in [1.29, 1.82) is 5.26 Å². The lowest BCUT2D eigenvalue weighted by molar-refractivity contribution is 0.195. The lowest BCUT2D eigenvalue weighted by Crippen LogP contribution is -2.47. The molecule has 7 heterocycles. The summed E-state index contributed by atoms with van der Waals surface area (Å²) in [6.45, 7) is 7.99. The van der Waals surface area contributed by atoms with Crippen LogP contribution in [0.4, 0.5) is 5.82 Å². The normalized spacial score (nSPS) is 17.4.